The van der Waals surface area contributed by atoms with Crippen LogP contribution in [0.2, 0.25) is 0 Å². The molecule has 2 aromatic heterocycles. The van der Waals surface area contributed by atoms with Gasteiger partial charge >= 0.3 is 0 Å². The zero-order valence-electron chi connectivity index (χ0n) is 16.2. The Bertz CT molecular complexity index is 1040. The highest BCUT2D eigenvalue weighted by molar-refractivity contribution is 7.16. The van der Waals surface area contributed by atoms with Crippen LogP contribution in [0.25, 0.3) is 0 Å². The second-order valence-electron chi connectivity index (χ2n) is 8.06. The van der Waals surface area contributed by atoms with E-state index in [2.05, 4.69) is 15.3 Å². The standard InChI is InChI=1S/C19H22FN7OS/c1-9-14(20)15(10-3-4-10)24-18(23-9)27-7-11-16(28)26(2)17(22)25-19(11,8-27)12-5-6-13(21)29-12/h5-6,10-11H,3-4,7-8,21H2,1-2H3,(H2,22,25)/t11-,19-/m0/s1. The fourth-order valence-electron chi connectivity index (χ4n) is 4.30. The molecule has 29 heavy (non-hydrogen) atoms. The predicted molar refractivity (Wildman–Crippen MR) is 108 cm³/mol. The summed E-state index contributed by atoms with van der Waals surface area (Å²) in [7, 11) is 1.59. The van der Waals surface area contributed by atoms with Gasteiger partial charge in [0.25, 0.3) is 0 Å². The molecule has 4 N–H and O–H groups in total. The molecule has 0 spiro atoms. The number of carbonyl (C=O) groups is 1. The van der Waals surface area contributed by atoms with Crippen LogP contribution in [0.15, 0.2) is 12.1 Å². The summed E-state index contributed by atoms with van der Waals surface area (Å²) in [5.41, 5.74) is 5.98. The fourth-order valence-corrected chi connectivity index (χ4v) is 5.26. The minimum atomic E-state index is -0.783. The molecule has 0 bridgehead atoms. The molecule has 1 aliphatic carbocycles. The third kappa shape index (κ3) is 2.69. The van der Waals surface area contributed by atoms with Gasteiger partial charge in [-0.15, -0.1) is 11.3 Å². The van der Waals surface area contributed by atoms with Crippen LogP contribution < -0.4 is 16.0 Å². The number of aromatic nitrogens is 2. The summed E-state index contributed by atoms with van der Waals surface area (Å²) in [4.78, 5) is 26.2. The Morgan fingerprint density at radius 2 is 2.14 bits per heavy atom. The number of nitrogen functional groups attached to an aromatic ring is 1. The van der Waals surface area contributed by atoms with Crippen molar-refractivity contribution >= 4 is 34.2 Å². The first-order valence-electron chi connectivity index (χ1n) is 9.59. The van der Waals surface area contributed by atoms with E-state index >= 15 is 0 Å². The summed E-state index contributed by atoms with van der Waals surface area (Å²) in [6.45, 7) is 2.43. The highest BCUT2D eigenvalue weighted by Gasteiger charge is 2.57. The van der Waals surface area contributed by atoms with Crippen molar-refractivity contribution in [2.75, 3.05) is 30.8 Å². The first-order chi connectivity index (χ1) is 13.8. The van der Waals surface area contributed by atoms with Crippen LogP contribution in [0, 0.1) is 24.1 Å². The van der Waals surface area contributed by atoms with Gasteiger partial charge in [-0.2, -0.15) is 0 Å². The molecule has 0 radical (unpaired) electrons. The Kier molecular flexibility index (Phi) is 3.86. The zero-order valence-corrected chi connectivity index (χ0v) is 17.0. The quantitative estimate of drug-likeness (QED) is 0.705. The number of anilines is 2. The number of nitrogens with one attached hydrogen (secondary N) is 2. The van der Waals surface area contributed by atoms with Crippen molar-refractivity contribution < 1.29 is 9.18 Å². The highest BCUT2D eigenvalue weighted by Crippen LogP contribution is 2.45. The smallest absolute Gasteiger partial charge is 0.236 e. The molecule has 0 aromatic carbocycles. The van der Waals surface area contributed by atoms with E-state index in [1.54, 1.807) is 14.0 Å². The Balaban J connectivity index is 1.58. The fraction of sp³-hybridized carbons (Fsp3) is 0.474. The van der Waals surface area contributed by atoms with Gasteiger partial charge in [0.1, 0.15) is 5.54 Å². The van der Waals surface area contributed by atoms with E-state index in [1.807, 2.05) is 17.0 Å². The number of halogens is 1. The van der Waals surface area contributed by atoms with Crippen molar-refractivity contribution in [3.05, 3.63) is 34.2 Å². The van der Waals surface area contributed by atoms with Gasteiger partial charge in [-0.1, -0.05) is 0 Å². The van der Waals surface area contributed by atoms with Crippen LogP contribution in [0.1, 0.15) is 35.0 Å². The largest absolute Gasteiger partial charge is 0.391 e. The average Bonchev–Trinajstić information content (AvgIpc) is 3.31. The van der Waals surface area contributed by atoms with Crippen molar-refractivity contribution in [3.63, 3.8) is 0 Å². The maximum Gasteiger partial charge on any atom is 0.236 e. The predicted octanol–water partition coefficient (Wildman–Crippen LogP) is 1.77. The van der Waals surface area contributed by atoms with Crippen molar-refractivity contribution in [1.29, 1.82) is 5.41 Å². The molecule has 3 aliphatic rings. The van der Waals surface area contributed by atoms with Gasteiger partial charge in [-0.3, -0.25) is 15.1 Å². The van der Waals surface area contributed by atoms with Gasteiger partial charge in [0.15, 0.2) is 11.8 Å². The Labute approximate surface area is 171 Å². The van der Waals surface area contributed by atoms with E-state index in [9.17, 15) is 9.18 Å². The Hall–Kier alpha value is -2.75. The van der Waals surface area contributed by atoms with Gasteiger partial charge < -0.3 is 16.0 Å². The maximum atomic E-state index is 14.5. The summed E-state index contributed by atoms with van der Waals surface area (Å²) in [6.07, 6.45) is 1.88. The van der Waals surface area contributed by atoms with Crippen LogP contribution in [0.4, 0.5) is 15.3 Å². The lowest BCUT2D eigenvalue weighted by Gasteiger charge is -2.42. The van der Waals surface area contributed by atoms with Crippen molar-refractivity contribution in [1.82, 2.24) is 20.2 Å². The molecule has 2 saturated heterocycles. The lowest BCUT2D eigenvalue weighted by molar-refractivity contribution is -0.133. The number of nitrogens with two attached hydrogens (primary N) is 1. The van der Waals surface area contributed by atoms with E-state index in [0.29, 0.717) is 35.4 Å². The molecule has 3 fully saturated rings. The van der Waals surface area contributed by atoms with E-state index < -0.39 is 11.5 Å². The Morgan fingerprint density at radius 3 is 2.79 bits per heavy atom. The summed E-state index contributed by atoms with van der Waals surface area (Å²) in [6, 6.07) is 3.72. The number of guanidine groups is 1. The summed E-state index contributed by atoms with van der Waals surface area (Å²) < 4.78 is 14.5. The van der Waals surface area contributed by atoms with Crippen LogP contribution in [-0.2, 0) is 10.3 Å². The third-order valence-corrected chi connectivity index (χ3v) is 7.18. The summed E-state index contributed by atoms with van der Waals surface area (Å²) in [5.74, 6) is -0.250. The average molecular weight is 415 g/mol. The lowest BCUT2D eigenvalue weighted by atomic mass is 9.83. The number of hydrogen-bond acceptors (Lipinski definition) is 7. The molecular formula is C19H22FN7OS. The van der Waals surface area contributed by atoms with Gasteiger partial charge in [-0.05, 0) is 31.9 Å². The number of amides is 1. The first kappa shape index (κ1) is 18.3. The molecular weight excluding hydrogens is 393 g/mol. The molecule has 2 aromatic rings. The number of aryl methyl sites for hydroxylation is 1. The topological polar surface area (TPSA) is 111 Å². The number of carbonyl (C=O) groups excluding carboxylic acids is 1. The molecule has 152 valence electrons. The number of thiophene rings is 1. The first-order valence-corrected chi connectivity index (χ1v) is 10.4. The van der Waals surface area contributed by atoms with Gasteiger partial charge in [-0.25, -0.2) is 14.4 Å². The molecule has 8 nitrogen and oxygen atoms in total. The van der Waals surface area contributed by atoms with Crippen molar-refractivity contribution in [2.45, 2.75) is 31.2 Å². The van der Waals surface area contributed by atoms with E-state index in [-0.39, 0.29) is 23.6 Å². The van der Waals surface area contributed by atoms with Gasteiger partial charge in [0.05, 0.1) is 22.3 Å². The maximum absolute atomic E-state index is 14.5. The molecule has 2 atom stereocenters. The van der Waals surface area contributed by atoms with E-state index in [1.165, 1.54) is 16.2 Å². The second kappa shape index (κ2) is 6.12. The minimum Gasteiger partial charge on any atom is -0.391 e. The zero-order chi connectivity index (χ0) is 20.5. The van der Waals surface area contributed by atoms with Crippen LogP contribution in [-0.4, -0.2) is 46.9 Å². The number of rotatable bonds is 3. The molecule has 10 heteroatoms. The van der Waals surface area contributed by atoms with Crippen molar-refractivity contribution in [3.8, 4) is 0 Å². The Morgan fingerprint density at radius 1 is 1.38 bits per heavy atom. The van der Waals surface area contributed by atoms with Gasteiger partial charge in [0, 0.05) is 30.9 Å². The van der Waals surface area contributed by atoms with Gasteiger partial charge in [0.2, 0.25) is 11.9 Å². The normalized spacial score (nSPS) is 26.7. The molecule has 2 aliphatic heterocycles. The highest BCUT2D eigenvalue weighted by atomic mass is 32.1. The van der Waals surface area contributed by atoms with E-state index in [4.69, 9.17) is 11.1 Å². The SMILES string of the molecule is Cc1nc(N2C[C@H]3C(=O)N(C)C(=N)N[C@@]3(c3ccc(N)s3)C2)nc(C2CC2)c1F. The molecule has 5 rings (SSSR count). The number of hydrogen-bond donors (Lipinski definition) is 3. The molecule has 1 saturated carbocycles. The van der Waals surface area contributed by atoms with Crippen LogP contribution in [0.5, 0.6) is 0 Å². The second-order valence-corrected chi connectivity index (χ2v) is 9.18. The number of nitrogens with zero attached hydrogens (tertiary/aromatic N) is 4. The lowest BCUT2D eigenvalue weighted by Crippen LogP contribution is -2.64. The summed E-state index contributed by atoms with van der Waals surface area (Å²) >= 11 is 1.41. The molecule has 1 amide bonds. The molecule has 0 unspecified atom stereocenters. The number of fused-ring (bicyclic) bond motifs is 1. The van der Waals surface area contributed by atoms with Crippen LogP contribution >= 0.6 is 11.3 Å². The molecule has 4 heterocycles. The third-order valence-electron chi connectivity index (χ3n) is 6.09. The van der Waals surface area contributed by atoms with Crippen molar-refractivity contribution in [2.24, 2.45) is 5.92 Å². The van der Waals surface area contributed by atoms with E-state index in [0.717, 1.165) is 17.7 Å². The van der Waals surface area contributed by atoms with Crippen LogP contribution in [0.3, 0.4) is 0 Å². The monoisotopic (exact) mass is 415 g/mol. The summed E-state index contributed by atoms with van der Waals surface area (Å²) in [5, 5.41) is 12.2. The minimum absolute atomic E-state index is 0.0509.